The molecule has 1 atom stereocenters. The van der Waals surface area contributed by atoms with E-state index in [1.165, 1.54) is 0 Å². The molecule has 0 aromatic heterocycles. The van der Waals surface area contributed by atoms with Gasteiger partial charge in [-0.2, -0.15) is 0 Å². The van der Waals surface area contributed by atoms with E-state index in [0.29, 0.717) is 6.42 Å². The molecule has 0 heterocycles. The highest BCUT2D eigenvalue weighted by molar-refractivity contribution is 5.87. The van der Waals surface area contributed by atoms with Crippen molar-refractivity contribution in [2.75, 3.05) is 7.11 Å². The summed E-state index contributed by atoms with van der Waals surface area (Å²) in [6.45, 7) is 3.98. The lowest BCUT2D eigenvalue weighted by atomic mass is 9.88. The molecule has 0 aliphatic heterocycles. The number of carboxylic acid groups (broad SMARTS) is 1. The van der Waals surface area contributed by atoms with Crippen molar-refractivity contribution in [3.8, 4) is 5.75 Å². The standard InChI is InChI=1S/C13H16O3/c1-12(2)8-13(12,11(14)15)9-4-6-10(16-3)7-5-9/h4-7H,8H2,1-3H3,(H,14,15)/t13-/m0/s1. The molecule has 0 saturated heterocycles. The van der Waals surface area contributed by atoms with Gasteiger partial charge in [-0.25, -0.2) is 0 Å². The molecular weight excluding hydrogens is 204 g/mol. The van der Waals surface area contributed by atoms with E-state index >= 15 is 0 Å². The SMILES string of the molecule is COc1ccc([C@]2(C(=O)O)CC2(C)C)cc1. The Morgan fingerprint density at radius 1 is 1.31 bits per heavy atom. The van der Waals surface area contributed by atoms with Gasteiger partial charge in [0.1, 0.15) is 5.75 Å². The molecule has 1 N–H and O–H groups in total. The molecule has 1 aliphatic rings. The second kappa shape index (κ2) is 3.24. The number of hydrogen-bond donors (Lipinski definition) is 1. The average Bonchev–Trinajstić information content (AvgIpc) is 2.84. The topological polar surface area (TPSA) is 46.5 Å². The van der Waals surface area contributed by atoms with Gasteiger partial charge in [-0.15, -0.1) is 0 Å². The molecule has 16 heavy (non-hydrogen) atoms. The minimum Gasteiger partial charge on any atom is -0.497 e. The summed E-state index contributed by atoms with van der Waals surface area (Å²) in [6, 6.07) is 7.33. The Morgan fingerprint density at radius 3 is 2.12 bits per heavy atom. The lowest BCUT2D eigenvalue weighted by Gasteiger charge is -2.16. The fraction of sp³-hybridized carbons (Fsp3) is 0.462. The first-order valence-electron chi connectivity index (χ1n) is 5.32. The minimum atomic E-state index is -0.734. The van der Waals surface area contributed by atoms with Crippen LogP contribution in [0.1, 0.15) is 25.8 Å². The molecule has 1 aromatic carbocycles. The third kappa shape index (κ3) is 1.31. The summed E-state index contributed by atoms with van der Waals surface area (Å²) in [5, 5.41) is 9.39. The number of aliphatic carboxylic acids is 1. The number of ether oxygens (including phenoxy) is 1. The number of benzene rings is 1. The molecule has 2 rings (SSSR count). The van der Waals surface area contributed by atoms with Crippen molar-refractivity contribution in [1.29, 1.82) is 0 Å². The van der Waals surface area contributed by atoms with E-state index in [4.69, 9.17) is 4.74 Å². The second-order valence-electron chi connectivity index (χ2n) is 5.00. The van der Waals surface area contributed by atoms with Gasteiger partial charge in [-0.3, -0.25) is 4.79 Å². The van der Waals surface area contributed by atoms with Crippen molar-refractivity contribution >= 4 is 5.97 Å². The van der Waals surface area contributed by atoms with Crippen LogP contribution in [0.2, 0.25) is 0 Å². The van der Waals surface area contributed by atoms with Gasteiger partial charge in [0.2, 0.25) is 0 Å². The smallest absolute Gasteiger partial charge is 0.314 e. The van der Waals surface area contributed by atoms with Gasteiger partial charge in [0.25, 0.3) is 0 Å². The van der Waals surface area contributed by atoms with Gasteiger partial charge < -0.3 is 9.84 Å². The van der Waals surface area contributed by atoms with Crippen LogP contribution < -0.4 is 4.74 Å². The van der Waals surface area contributed by atoms with E-state index in [2.05, 4.69) is 0 Å². The molecule has 0 amide bonds. The van der Waals surface area contributed by atoms with Crippen molar-refractivity contribution in [3.05, 3.63) is 29.8 Å². The number of hydrogen-bond acceptors (Lipinski definition) is 2. The van der Waals surface area contributed by atoms with E-state index in [9.17, 15) is 9.90 Å². The Hall–Kier alpha value is -1.51. The highest BCUT2D eigenvalue weighted by Crippen LogP contribution is 2.64. The molecule has 0 unspecified atom stereocenters. The van der Waals surface area contributed by atoms with Crippen molar-refractivity contribution in [1.82, 2.24) is 0 Å². The Bertz CT molecular complexity index is 419. The molecular formula is C13H16O3. The molecule has 0 bridgehead atoms. The van der Waals surface area contributed by atoms with Crippen molar-refractivity contribution in [2.45, 2.75) is 25.7 Å². The maximum Gasteiger partial charge on any atom is 0.314 e. The zero-order valence-electron chi connectivity index (χ0n) is 9.78. The van der Waals surface area contributed by atoms with Crippen molar-refractivity contribution in [2.24, 2.45) is 5.41 Å². The third-order valence-electron chi connectivity index (χ3n) is 3.69. The van der Waals surface area contributed by atoms with Crippen LogP contribution in [-0.4, -0.2) is 18.2 Å². The molecule has 86 valence electrons. The zero-order valence-corrected chi connectivity index (χ0v) is 9.78. The molecule has 3 nitrogen and oxygen atoms in total. The first-order chi connectivity index (χ1) is 7.44. The van der Waals surface area contributed by atoms with Gasteiger partial charge in [0.15, 0.2) is 0 Å². The Kier molecular flexibility index (Phi) is 2.22. The van der Waals surface area contributed by atoms with E-state index in [-0.39, 0.29) is 5.41 Å². The average molecular weight is 220 g/mol. The molecule has 3 heteroatoms. The maximum atomic E-state index is 11.4. The zero-order chi connectivity index (χ0) is 12.0. The fourth-order valence-electron chi connectivity index (χ4n) is 2.48. The van der Waals surface area contributed by atoms with E-state index < -0.39 is 11.4 Å². The van der Waals surface area contributed by atoms with Gasteiger partial charge in [0, 0.05) is 0 Å². The van der Waals surface area contributed by atoms with Crippen molar-refractivity contribution < 1.29 is 14.6 Å². The van der Waals surface area contributed by atoms with E-state index in [1.807, 2.05) is 38.1 Å². The Labute approximate surface area is 95.0 Å². The Morgan fingerprint density at radius 2 is 1.81 bits per heavy atom. The largest absolute Gasteiger partial charge is 0.497 e. The highest BCUT2D eigenvalue weighted by atomic mass is 16.5. The van der Waals surface area contributed by atoms with Gasteiger partial charge >= 0.3 is 5.97 Å². The number of carboxylic acids is 1. The van der Waals surface area contributed by atoms with Crippen LogP contribution in [0.25, 0.3) is 0 Å². The van der Waals surface area contributed by atoms with Crippen molar-refractivity contribution in [3.63, 3.8) is 0 Å². The van der Waals surface area contributed by atoms with Crippen LogP contribution >= 0.6 is 0 Å². The summed E-state index contributed by atoms with van der Waals surface area (Å²) in [7, 11) is 1.60. The van der Waals surface area contributed by atoms with E-state index in [0.717, 1.165) is 11.3 Å². The highest BCUT2D eigenvalue weighted by Gasteiger charge is 2.67. The minimum absolute atomic E-state index is 0.159. The Balaban J connectivity index is 2.39. The van der Waals surface area contributed by atoms with Crippen LogP contribution in [0, 0.1) is 5.41 Å². The first kappa shape index (κ1) is 11.0. The van der Waals surface area contributed by atoms with Crippen LogP contribution in [0.4, 0.5) is 0 Å². The lowest BCUT2D eigenvalue weighted by Crippen LogP contribution is -2.25. The molecule has 1 aliphatic carbocycles. The molecule has 1 fully saturated rings. The van der Waals surface area contributed by atoms with Crippen LogP contribution in [0.5, 0.6) is 5.75 Å². The maximum absolute atomic E-state index is 11.4. The first-order valence-corrected chi connectivity index (χ1v) is 5.32. The number of carbonyl (C=O) groups is 1. The quantitative estimate of drug-likeness (QED) is 0.851. The summed E-state index contributed by atoms with van der Waals surface area (Å²) >= 11 is 0. The molecule has 1 aromatic rings. The van der Waals surface area contributed by atoms with Crippen LogP contribution in [0.3, 0.4) is 0 Å². The normalized spacial score (nSPS) is 26.2. The summed E-state index contributed by atoms with van der Waals surface area (Å²) in [5.41, 5.74) is -0.00188. The predicted molar refractivity (Wildman–Crippen MR) is 60.7 cm³/mol. The molecule has 1 saturated carbocycles. The lowest BCUT2D eigenvalue weighted by molar-refractivity contribution is -0.141. The number of rotatable bonds is 3. The summed E-state index contributed by atoms with van der Waals surface area (Å²) in [4.78, 5) is 11.4. The summed E-state index contributed by atoms with van der Waals surface area (Å²) < 4.78 is 5.07. The summed E-state index contributed by atoms with van der Waals surface area (Å²) in [6.07, 6.45) is 0.696. The van der Waals surface area contributed by atoms with Gasteiger partial charge in [-0.05, 0) is 29.5 Å². The molecule has 0 radical (unpaired) electrons. The van der Waals surface area contributed by atoms with Gasteiger partial charge in [-0.1, -0.05) is 26.0 Å². The number of methoxy groups -OCH3 is 1. The summed E-state index contributed by atoms with van der Waals surface area (Å²) in [5.74, 6) is 0.0189. The monoisotopic (exact) mass is 220 g/mol. The predicted octanol–water partition coefficient (Wildman–Crippen LogP) is 2.45. The van der Waals surface area contributed by atoms with Gasteiger partial charge in [0.05, 0.1) is 12.5 Å². The van der Waals surface area contributed by atoms with Crippen LogP contribution in [0.15, 0.2) is 24.3 Å². The molecule has 0 spiro atoms. The van der Waals surface area contributed by atoms with Crippen LogP contribution in [-0.2, 0) is 10.2 Å². The second-order valence-corrected chi connectivity index (χ2v) is 5.00. The third-order valence-corrected chi connectivity index (χ3v) is 3.69. The fourth-order valence-corrected chi connectivity index (χ4v) is 2.48. The van der Waals surface area contributed by atoms with E-state index in [1.54, 1.807) is 7.11 Å².